The maximum absolute atomic E-state index is 11.0. The van der Waals surface area contributed by atoms with Gasteiger partial charge in [0.1, 0.15) is 16.6 Å². The minimum atomic E-state index is -4.12. The fraction of sp³-hybridized carbons (Fsp3) is 0.222. The maximum atomic E-state index is 11.0. The predicted octanol–water partition coefficient (Wildman–Crippen LogP) is 1.69. The molecule has 4 nitrogen and oxygen atoms in total. The summed E-state index contributed by atoms with van der Waals surface area (Å²) in [6, 6.07) is 4.61. The lowest BCUT2D eigenvalue weighted by Crippen LogP contribution is -2.28. The number of nitrogens with zero attached hydrogens (tertiary/aromatic N) is 1. The van der Waals surface area contributed by atoms with Crippen LogP contribution in [0, 0.1) is 0 Å². The zero-order valence-electron chi connectivity index (χ0n) is 8.67. The van der Waals surface area contributed by atoms with Gasteiger partial charge in [-0.3, -0.25) is 4.55 Å². The van der Waals surface area contributed by atoms with E-state index in [0.717, 1.165) is 14.6 Å². The quantitative estimate of drug-likeness (QED) is 0.515. The van der Waals surface area contributed by atoms with Crippen molar-refractivity contribution in [2.75, 3.05) is 6.26 Å². The van der Waals surface area contributed by atoms with Crippen LogP contribution in [0.2, 0.25) is 0 Å². The van der Waals surface area contributed by atoms with Gasteiger partial charge in [-0.2, -0.15) is 13.0 Å². The van der Waals surface area contributed by atoms with Gasteiger partial charge in [-0.05, 0) is 30.2 Å². The summed E-state index contributed by atoms with van der Waals surface area (Å²) in [5.41, 5.74) is 0.810. The second-order valence-corrected chi connectivity index (χ2v) is 6.74. The molecule has 0 bridgehead atoms. The third-order valence-electron chi connectivity index (χ3n) is 2.24. The minimum Gasteiger partial charge on any atom is -0.282 e. The van der Waals surface area contributed by atoms with Gasteiger partial charge in [0, 0.05) is 6.07 Å². The summed E-state index contributed by atoms with van der Waals surface area (Å²) in [5, 5.41) is 0. The van der Waals surface area contributed by atoms with Crippen LogP contribution in [0.5, 0.6) is 0 Å². The molecule has 0 fully saturated rings. The van der Waals surface area contributed by atoms with E-state index in [0.29, 0.717) is 0 Å². The Morgan fingerprint density at radius 1 is 1.44 bits per heavy atom. The highest BCUT2D eigenvalue weighted by Crippen LogP contribution is 2.27. The standard InChI is InChI=1S/C9H9NO3S3/c1-10-7-5-6(16(11,12)13)3-4-8(7)15-9(10)14-2/h3-5H,1-2H3/p+1. The van der Waals surface area contributed by atoms with E-state index in [4.69, 9.17) is 4.55 Å². The first-order valence-corrected chi connectivity index (χ1v) is 7.85. The van der Waals surface area contributed by atoms with E-state index in [2.05, 4.69) is 0 Å². The lowest BCUT2D eigenvalue weighted by Gasteiger charge is -1.94. The van der Waals surface area contributed by atoms with Crippen LogP contribution in [0.15, 0.2) is 27.4 Å². The molecular formula is C9H10NO3S3+. The number of thiazole rings is 1. The summed E-state index contributed by atoms with van der Waals surface area (Å²) in [4.78, 5) is -0.0685. The number of thioether (sulfide) groups is 1. The molecule has 0 saturated heterocycles. The fourth-order valence-electron chi connectivity index (χ4n) is 1.45. The van der Waals surface area contributed by atoms with Gasteiger partial charge < -0.3 is 0 Å². The number of aromatic nitrogens is 1. The van der Waals surface area contributed by atoms with Gasteiger partial charge in [0.05, 0.1) is 0 Å². The summed E-state index contributed by atoms with van der Waals surface area (Å²) in [6.45, 7) is 0. The van der Waals surface area contributed by atoms with E-state index in [1.807, 2.05) is 17.9 Å². The Morgan fingerprint density at radius 2 is 2.12 bits per heavy atom. The lowest BCUT2D eigenvalue weighted by molar-refractivity contribution is -0.676. The van der Waals surface area contributed by atoms with E-state index < -0.39 is 10.1 Å². The van der Waals surface area contributed by atoms with Crippen molar-refractivity contribution in [3.05, 3.63) is 18.2 Å². The number of fused-ring (bicyclic) bond motifs is 1. The summed E-state index contributed by atoms with van der Waals surface area (Å²) in [6.07, 6.45) is 1.97. The van der Waals surface area contributed by atoms with Crippen LogP contribution in [0.25, 0.3) is 10.2 Å². The van der Waals surface area contributed by atoms with Gasteiger partial charge in [-0.1, -0.05) is 11.3 Å². The monoisotopic (exact) mass is 276 g/mol. The Balaban J connectivity index is 2.75. The molecule has 1 aromatic carbocycles. The third-order valence-corrected chi connectivity index (χ3v) is 5.47. The van der Waals surface area contributed by atoms with Gasteiger partial charge in [0.15, 0.2) is 0 Å². The first-order valence-electron chi connectivity index (χ1n) is 4.37. The van der Waals surface area contributed by atoms with Crippen molar-refractivity contribution in [2.24, 2.45) is 7.05 Å². The molecule has 1 heterocycles. The van der Waals surface area contributed by atoms with Crippen LogP contribution in [0.1, 0.15) is 0 Å². The normalized spacial score (nSPS) is 12.2. The molecule has 2 rings (SSSR count). The fourth-order valence-corrected chi connectivity index (χ4v) is 3.78. The van der Waals surface area contributed by atoms with Crippen molar-refractivity contribution >= 4 is 43.4 Å². The van der Waals surface area contributed by atoms with E-state index in [-0.39, 0.29) is 4.90 Å². The van der Waals surface area contributed by atoms with Crippen LogP contribution in [0.3, 0.4) is 0 Å². The van der Waals surface area contributed by atoms with Crippen molar-refractivity contribution in [1.82, 2.24) is 0 Å². The smallest absolute Gasteiger partial charge is 0.282 e. The highest BCUT2D eigenvalue weighted by Gasteiger charge is 2.19. The van der Waals surface area contributed by atoms with Crippen molar-refractivity contribution < 1.29 is 17.5 Å². The molecule has 0 unspecified atom stereocenters. The Morgan fingerprint density at radius 3 is 2.69 bits per heavy atom. The highest BCUT2D eigenvalue weighted by atomic mass is 32.2. The van der Waals surface area contributed by atoms with Gasteiger partial charge in [-0.15, -0.1) is 0 Å². The first-order chi connectivity index (χ1) is 7.43. The van der Waals surface area contributed by atoms with Gasteiger partial charge in [0.2, 0.25) is 5.52 Å². The Hall–Kier alpha value is -0.630. The minimum absolute atomic E-state index is 0.0685. The topological polar surface area (TPSA) is 58.3 Å². The summed E-state index contributed by atoms with van der Waals surface area (Å²) in [7, 11) is -2.25. The molecule has 0 aliphatic heterocycles. The van der Waals surface area contributed by atoms with Crippen molar-refractivity contribution in [1.29, 1.82) is 0 Å². The molecule has 0 saturated carbocycles. The van der Waals surface area contributed by atoms with Crippen molar-refractivity contribution in [2.45, 2.75) is 9.24 Å². The molecule has 0 amide bonds. The Kier molecular flexibility index (Phi) is 2.95. The zero-order valence-corrected chi connectivity index (χ0v) is 11.1. The van der Waals surface area contributed by atoms with Crippen LogP contribution in [0.4, 0.5) is 0 Å². The molecule has 0 radical (unpaired) electrons. The maximum Gasteiger partial charge on any atom is 0.297 e. The van der Waals surface area contributed by atoms with Crippen LogP contribution in [-0.2, 0) is 17.2 Å². The molecule has 1 aromatic heterocycles. The number of benzene rings is 1. The van der Waals surface area contributed by atoms with Gasteiger partial charge in [0.25, 0.3) is 14.5 Å². The SMILES string of the molecule is CSc1sc2ccc(S(=O)(=O)O)cc2[n+]1C. The number of hydrogen-bond donors (Lipinski definition) is 1. The van der Waals surface area contributed by atoms with Gasteiger partial charge in [-0.25, -0.2) is 0 Å². The molecule has 0 aliphatic carbocycles. The molecule has 0 spiro atoms. The van der Waals surface area contributed by atoms with Crippen molar-refractivity contribution in [3.8, 4) is 0 Å². The molecule has 0 atom stereocenters. The average Bonchev–Trinajstić information content (AvgIpc) is 2.54. The summed E-state index contributed by atoms with van der Waals surface area (Å²) < 4.78 is 35.0. The van der Waals surface area contributed by atoms with Crippen LogP contribution < -0.4 is 4.57 Å². The zero-order chi connectivity index (χ0) is 11.9. The largest absolute Gasteiger partial charge is 0.297 e. The third kappa shape index (κ3) is 1.95. The number of rotatable bonds is 2. The molecule has 2 aromatic rings. The Labute approximate surface area is 102 Å². The van der Waals surface area contributed by atoms with Gasteiger partial charge >= 0.3 is 0 Å². The van der Waals surface area contributed by atoms with Crippen LogP contribution >= 0.6 is 23.1 Å². The predicted molar refractivity (Wildman–Crippen MR) is 64.6 cm³/mol. The molecule has 16 heavy (non-hydrogen) atoms. The second-order valence-electron chi connectivity index (χ2n) is 3.24. The first kappa shape index (κ1) is 11.8. The lowest BCUT2D eigenvalue weighted by atomic mass is 10.3. The van der Waals surface area contributed by atoms with E-state index >= 15 is 0 Å². The number of hydrogen-bond acceptors (Lipinski definition) is 4. The Bertz CT molecular complexity index is 645. The molecule has 1 N–H and O–H groups in total. The highest BCUT2D eigenvalue weighted by molar-refractivity contribution is 8.00. The van der Waals surface area contributed by atoms with Crippen LogP contribution in [-0.4, -0.2) is 19.2 Å². The van der Waals surface area contributed by atoms with E-state index in [1.165, 1.54) is 12.1 Å². The molecule has 7 heteroatoms. The summed E-state index contributed by atoms with van der Waals surface area (Å²) >= 11 is 3.20. The average molecular weight is 276 g/mol. The van der Waals surface area contributed by atoms with E-state index in [9.17, 15) is 8.42 Å². The number of aryl methyl sites for hydroxylation is 1. The van der Waals surface area contributed by atoms with E-state index in [1.54, 1.807) is 29.2 Å². The second kappa shape index (κ2) is 3.99. The summed E-state index contributed by atoms with van der Waals surface area (Å²) in [5.74, 6) is 0. The molecule has 86 valence electrons. The molecular weight excluding hydrogens is 266 g/mol. The van der Waals surface area contributed by atoms with Crippen molar-refractivity contribution in [3.63, 3.8) is 0 Å². The molecule has 0 aliphatic rings.